The van der Waals surface area contributed by atoms with Gasteiger partial charge in [0.2, 0.25) is 0 Å². The fraction of sp³-hybridized carbons (Fsp3) is 0.429. The predicted molar refractivity (Wildman–Crippen MR) is 69.2 cm³/mol. The van der Waals surface area contributed by atoms with Crippen LogP contribution in [0.25, 0.3) is 0 Å². The number of carbonyl (C=O) groups is 2. The molecule has 0 spiro atoms. The highest BCUT2D eigenvalue weighted by atomic mass is 35.5. The topological polar surface area (TPSA) is 43.4 Å². The summed E-state index contributed by atoms with van der Waals surface area (Å²) in [5.74, 6) is 0.363. The third-order valence-corrected chi connectivity index (χ3v) is 3.47. The van der Waals surface area contributed by atoms with Crippen molar-refractivity contribution in [1.82, 2.24) is 0 Å². The van der Waals surface area contributed by atoms with Crippen LogP contribution in [0.3, 0.4) is 0 Å². The first-order chi connectivity index (χ1) is 8.52. The van der Waals surface area contributed by atoms with Gasteiger partial charge >= 0.3 is 0 Å². The summed E-state index contributed by atoms with van der Waals surface area (Å²) in [7, 11) is 1.58. The summed E-state index contributed by atoms with van der Waals surface area (Å²) in [5.41, 5.74) is 2.35. The van der Waals surface area contributed by atoms with Crippen LogP contribution < -0.4 is 0 Å². The zero-order chi connectivity index (χ0) is 13.3. The Kier molecular flexibility index (Phi) is 3.83. The molecule has 1 aliphatic rings. The molecular weight excluding hydrogens is 252 g/mol. The van der Waals surface area contributed by atoms with Crippen molar-refractivity contribution < 1.29 is 14.3 Å². The van der Waals surface area contributed by atoms with Crippen molar-refractivity contribution in [2.75, 3.05) is 7.11 Å². The lowest BCUT2D eigenvalue weighted by Gasteiger charge is -2.27. The molecule has 3 nitrogen and oxygen atoms in total. The van der Waals surface area contributed by atoms with E-state index in [1.807, 2.05) is 0 Å². The average Bonchev–Trinajstić information content (AvgIpc) is 2.23. The molecule has 0 saturated heterocycles. The van der Waals surface area contributed by atoms with Gasteiger partial charge in [-0.25, -0.2) is 0 Å². The summed E-state index contributed by atoms with van der Waals surface area (Å²) in [6.07, 6.45) is 1.01. The molecule has 0 aromatic heterocycles. The van der Waals surface area contributed by atoms with Crippen molar-refractivity contribution >= 4 is 23.2 Å². The molecule has 0 bridgehead atoms. The van der Waals surface area contributed by atoms with Crippen molar-refractivity contribution in [3.05, 3.63) is 33.8 Å². The fourth-order valence-corrected chi connectivity index (χ4v) is 2.67. The van der Waals surface area contributed by atoms with Crippen molar-refractivity contribution in [2.24, 2.45) is 0 Å². The number of Topliss-reactive ketones (excluding diaryl/α,β-unsaturated/α-hetero) is 2. The van der Waals surface area contributed by atoms with E-state index in [9.17, 15) is 9.59 Å². The summed E-state index contributed by atoms with van der Waals surface area (Å²) < 4.78 is 5.10. The highest BCUT2D eigenvalue weighted by Crippen LogP contribution is 2.38. The maximum Gasteiger partial charge on any atom is 0.160 e. The first kappa shape index (κ1) is 13.2. The SMILES string of the molecule is COCc1cc(Cl)cc(C2CC(=O)C2)c1C(C)=O. The number of methoxy groups -OCH3 is 1. The molecule has 1 aromatic rings. The van der Waals surface area contributed by atoms with Crippen LogP contribution in [0.1, 0.15) is 47.2 Å². The predicted octanol–water partition coefficient (Wildman–Crippen LogP) is 3.14. The second-order valence-electron chi connectivity index (χ2n) is 4.66. The van der Waals surface area contributed by atoms with Crippen LogP contribution in [0.4, 0.5) is 0 Å². The van der Waals surface area contributed by atoms with Gasteiger partial charge in [-0.3, -0.25) is 9.59 Å². The molecular formula is C14H15ClO3. The van der Waals surface area contributed by atoms with Gasteiger partial charge in [-0.15, -0.1) is 0 Å². The Labute approximate surface area is 111 Å². The third kappa shape index (κ3) is 2.47. The molecule has 0 unspecified atom stereocenters. The molecule has 0 aliphatic heterocycles. The van der Waals surface area contributed by atoms with Gasteiger partial charge in [0.15, 0.2) is 5.78 Å². The van der Waals surface area contributed by atoms with Crippen molar-refractivity contribution in [3.8, 4) is 0 Å². The zero-order valence-corrected chi connectivity index (χ0v) is 11.2. The lowest BCUT2D eigenvalue weighted by Crippen LogP contribution is -2.23. The molecule has 1 aliphatic carbocycles. The number of carbonyl (C=O) groups excluding carboxylic acids is 2. The van der Waals surface area contributed by atoms with Crippen LogP contribution in [-0.2, 0) is 16.1 Å². The molecule has 18 heavy (non-hydrogen) atoms. The highest BCUT2D eigenvalue weighted by Gasteiger charge is 2.31. The molecule has 1 fully saturated rings. The standard InChI is InChI=1S/C14H15ClO3/c1-8(16)14-10(7-18-2)3-11(15)6-13(14)9-4-12(17)5-9/h3,6,9H,4-5,7H2,1-2H3. The van der Waals surface area contributed by atoms with E-state index >= 15 is 0 Å². The van der Waals surface area contributed by atoms with Gasteiger partial charge in [0.1, 0.15) is 5.78 Å². The summed E-state index contributed by atoms with van der Waals surface area (Å²) >= 11 is 6.07. The van der Waals surface area contributed by atoms with Crippen LogP contribution in [0.5, 0.6) is 0 Å². The monoisotopic (exact) mass is 266 g/mol. The second kappa shape index (κ2) is 5.21. The average molecular weight is 267 g/mol. The van der Waals surface area contributed by atoms with E-state index in [0.717, 1.165) is 11.1 Å². The van der Waals surface area contributed by atoms with Crippen LogP contribution in [0.2, 0.25) is 5.02 Å². The lowest BCUT2D eigenvalue weighted by atomic mass is 9.76. The first-order valence-electron chi connectivity index (χ1n) is 5.86. The van der Waals surface area contributed by atoms with Crippen LogP contribution in [0, 0.1) is 0 Å². The number of hydrogen-bond donors (Lipinski definition) is 0. The van der Waals surface area contributed by atoms with Gasteiger partial charge in [-0.2, -0.15) is 0 Å². The summed E-state index contributed by atoms with van der Waals surface area (Å²) in [6, 6.07) is 3.56. The zero-order valence-electron chi connectivity index (χ0n) is 10.5. The molecule has 0 atom stereocenters. The number of hydrogen-bond acceptors (Lipinski definition) is 3. The van der Waals surface area contributed by atoms with E-state index in [-0.39, 0.29) is 17.5 Å². The van der Waals surface area contributed by atoms with Crippen LogP contribution in [0.15, 0.2) is 12.1 Å². The second-order valence-corrected chi connectivity index (χ2v) is 5.10. The smallest absolute Gasteiger partial charge is 0.160 e. The van der Waals surface area contributed by atoms with E-state index in [0.29, 0.717) is 30.0 Å². The van der Waals surface area contributed by atoms with E-state index in [1.165, 1.54) is 6.92 Å². The highest BCUT2D eigenvalue weighted by molar-refractivity contribution is 6.31. The summed E-state index contributed by atoms with van der Waals surface area (Å²) in [5, 5.41) is 0.585. The fourth-order valence-electron chi connectivity index (χ4n) is 2.42. The Hall–Kier alpha value is -1.19. The van der Waals surface area contributed by atoms with Gasteiger partial charge < -0.3 is 4.74 Å². The third-order valence-electron chi connectivity index (χ3n) is 3.26. The molecule has 0 amide bonds. The van der Waals surface area contributed by atoms with Crippen molar-refractivity contribution in [3.63, 3.8) is 0 Å². The lowest BCUT2D eigenvalue weighted by molar-refractivity contribution is -0.124. The number of benzene rings is 1. The van der Waals surface area contributed by atoms with E-state index in [4.69, 9.17) is 16.3 Å². The minimum absolute atomic E-state index is 0.00642. The molecule has 4 heteroatoms. The Bertz CT molecular complexity index is 500. The summed E-state index contributed by atoms with van der Waals surface area (Å²) in [4.78, 5) is 22.9. The van der Waals surface area contributed by atoms with E-state index in [1.54, 1.807) is 19.2 Å². The maximum absolute atomic E-state index is 11.8. The Morgan fingerprint density at radius 1 is 1.44 bits per heavy atom. The minimum Gasteiger partial charge on any atom is -0.380 e. The summed E-state index contributed by atoms with van der Waals surface area (Å²) in [6.45, 7) is 1.88. The van der Waals surface area contributed by atoms with E-state index < -0.39 is 0 Å². The van der Waals surface area contributed by atoms with Gasteiger partial charge in [-0.05, 0) is 36.1 Å². The Balaban J connectivity index is 2.48. The molecule has 0 N–H and O–H groups in total. The van der Waals surface area contributed by atoms with Crippen molar-refractivity contribution in [1.29, 1.82) is 0 Å². The minimum atomic E-state index is -0.00642. The van der Waals surface area contributed by atoms with Crippen LogP contribution in [-0.4, -0.2) is 18.7 Å². The normalized spacial score (nSPS) is 15.6. The van der Waals surface area contributed by atoms with Gasteiger partial charge in [0.05, 0.1) is 6.61 Å². The number of ether oxygens (including phenoxy) is 1. The largest absolute Gasteiger partial charge is 0.380 e. The molecule has 1 saturated carbocycles. The maximum atomic E-state index is 11.8. The quantitative estimate of drug-likeness (QED) is 0.787. The Morgan fingerprint density at radius 3 is 2.61 bits per heavy atom. The van der Waals surface area contributed by atoms with Gasteiger partial charge in [-0.1, -0.05) is 11.6 Å². The molecule has 0 heterocycles. The molecule has 0 radical (unpaired) electrons. The molecule has 2 rings (SSSR count). The van der Waals surface area contributed by atoms with Gasteiger partial charge in [0.25, 0.3) is 0 Å². The van der Waals surface area contributed by atoms with Gasteiger partial charge in [0, 0.05) is 30.5 Å². The van der Waals surface area contributed by atoms with Crippen LogP contribution >= 0.6 is 11.6 Å². The number of ketones is 2. The molecule has 1 aromatic carbocycles. The first-order valence-corrected chi connectivity index (χ1v) is 6.24. The van der Waals surface area contributed by atoms with E-state index in [2.05, 4.69) is 0 Å². The van der Waals surface area contributed by atoms with Crippen molar-refractivity contribution in [2.45, 2.75) is 32.3 Å². The Morgan fingerprint density at radius 2 is 2.11 bits per heavy atom. The number of rotatable bonds is 4. The number of halogens is 1. The molecule has 96 valence electrons.